The van der Waals surface area contributed by atoms with Gasteiger partial charge in [0.25, 0.3) is 5.91 Å². The Kier molecular flexibility index (Phi) is 5.33. The zero-order chi connectivity index (χ0) is 20.2. The van der Waals surface area contributed by atoms with Crippen molar-refractivity contribution in [2.45, 2.75) is 12.8 Å². The van der Waals surface area contributed by atoms with E-state index in [2.05, 4.69) is 15.5 Å². The maximum absolute atomic E-state index is 13.3. The first kappa shape index (κ1) is 18.8. The van der Waals surface area contributed by atoms with Crippen LogP contribution in [0.5, 0.6) is 0 Å². The number of anilines is 1. The lowest BCUT2D eigenvalue weighted by Gasteiger charge is -2.31. The predicted octanol–water partition coefficient (Wildman–Crippen LogP) is 2.90. The van der Waals surface area contributed by atoms with E-state index in [0.717, 1.165) is 5.69 Å². The number of nitrogens with one attached hydrogen (secondary N) is 1. The van der Waals surface area contributed by atoms with Gasteiger partial charge in [-0.1, -0.05) is 6.07 Å². The molecule has 0 saturated carbocycles. The molecule has 3 aromatic rings. The number of halogens is 1. The number of hydrogen-bond donors (Lipinski definition) is 1. The van der Waals surface area contributed by atoms with Gasteiger partial charge in [-0.2, -0.15) is 0 Å². The summed E-state index contributed by atoms with van der Waals surface area (Å²) in [6, 6.07) is 13.1. The standard InChI is InChI=1S/C21H20FN5O2/c22-17-2-1-3-18(12-17)25-20(28)15-8-10-26(11-9-15)21(29)16-4-6-19(7-5-16)27-13-23-24-14-27/h1-7,12-15H,8-11H2,(H,25,28). The molecule has 2 aromatic carbocycles. The minimum absolute atomic E-state index is 0.0516. The molecule has 1 aliphatic heterocycles. The molecule has 7 nitrogen and oxygen atoms in total. The summed E-state index contributed by atoms with van der Waals surface area (Å²) in [6.07, 6.45) is 4.34. The maximum Gasteiger partial charge on any atom is 0.253 e. The lowest BCUT2D eigenvalue weighted by Crippen LogP contribution is -2.41. The Hall–Kier alpha value is -3.55. The lowest BCUT2D eigenvalue weighted by atomic mass is 9.95. The Balaban J connectivity index is 1.33. The Morgan fingerprint density at radius 1 is 1.00 bits per heavy atom. The van der Waals surface area contributed by atoms with Crippen molar-refractivity contribution in [3.63, 3.8) is 0 Å². The van der Waals surface area contributed by atoms with Gasteiger partial charge in [-0.05, 0) is 55.3 Å². The van der Waals surface area contributed by atoms with Gasteiger partial charge in [0, 0.05) is 35.9 Å². The third kappa shape index (κ3) is 4.31. The summed E-state index contributed by atoms with van der Waals surface area (Å²) in [6.45, 7) is 1.01. The van der Waals surface area contributed by atoms with E-state index < -0.39 is 5.82 Å². The average molecular weight is 393 g/mol. The zero-order valence-electron chi connectivity index (χ0n) is 15.7. The summed E-state index contributed by atoms with van der Waals surface area (Å²) >= 11 is 0. The van der Waals surface area contributed by atoms with Crippen LogP contribution in [0.15, 0.2) is 61.2 Å². The molecule has 8 heteroatoms. The highest BCUT2D eigenvalue weighted by molar-refractivity contribution is 5.95. The molecular formula is C21H20FN5O2. The number of nitrogens with zero attached hydrogens (tertiary/aromatic N) is 4. The van der Waals surface area contributed by atoms with E-state index in [1.165, 1.54) is 12.1 Å². The van der Waals surface area contributed by atoms with E-state index in [1.807, 2.05) is 12.1 Å². The number of likely N-dealkylation sites (tertiary alicyclic amines) is 1. The molecule has 0 atom stereocenters. The van der Waals surface area contributed by atoms with Crippen LogP contribution in [0.2, 0.25) is 0 Å². The number of piperidine rings is 1. The van der Waals surface area contributed by atoms with E-state index in [1.54, 1.807) is 46.4 Å². The highest BCUT2D eigenvalue weighted by Crippen LogP contribution is 2.22. The molecule has 1 fully saturated rings. The van der Waals surface area contributed by atoms with Crippen LogP contribution in [0.25, 0.3) is 5.69 Å². The van der Waals surface area contributed by atoms with Crippen molar-refractivity contribution in [1.29, 1.82) is 0 Å². The van der Waals surface area contributed by atoms with Gasteiger partial charge in [-0.25, -0.2) is 4.39 Å². The highest BCUT2D eigenvalue weighted by atomic mass is 19.1. The second-order valence-electron chi connectivity index (χ2n) is 6.98. The van der Waals surface area contributed by atoms with Crippen LogP contribution in [0, 0.1) is 11.7 Å². The predicted molar refractivity (Wildman–Crippen MR) is 105 cm³/mol. The van der Waals surface area contributed by atoms with E-state index in [9.17, 15) is 14.0 Å². The van der Waals surface area contributed by atoms with Crippen LogP contribution in [0.3, 0.4) is 0 Å². The van der Waals surface area contributed by atoms with Crippen LogP contribution >= 0.6 is 0 Å². The van der Waals surface area contributed by atoms with Gasteiger partial charge < -0.3 is 10.2 Å². The average Bonchev–Trinajstić information content (AvgIpc) is 3.28. The Morgan fingerprint density at radius 2 is 1.69 bits per heavy atom. The van der Waals surface area contributed by atoms with E-state index in [-0.39, 0.29) is 17.7 Å². The SMILES string of the molecule is O=C(Nc1cccc(F)c1)C1CCN(C(=O)c2ccc(-n3cnnc3)cc2)CC1. The molecule has 0 unspecified atom stereocenters. The van der Waals surface area contributed by atoms with Crippen LogP contribution in [0.1, 0.15) is 23.2 Å². The molecule has 148 valence electrons. The van der Waals surface area contributed by atoms with Crippen molar-refractivity contribution < 1.29 is 14.0 Å². The fraction of sp³-hybridized carbons (Fsp3) is 0.238. The Bertz CT molecular complexity index is 996. The molecule has 1 N–H and O–H groups in total. The molecule has 1 saturated heterocycles. The van der Waals surface area contributed by atoms with Crippen LogP contribution in [-0.2, 0) is 4.79 Å². The fourth-order valence-corrected chi connectivity index (χ4v) is 3.45. The summed E-state index contributed by atoms with van der Waals surface area (Å²) in [5.74, 6) is -0.776. The Morgan fingerprint density at radius 3 is 2.34 bits per heavy atom. The van der Waals surface area contributed by atoms with Gasteiger partial charge in [0.2, 0.25) is 5.91 Å². The zero-order valence-corrected chi connectivity index (χ0v) is 15.7. The van der Waals surface area contributed by atoms with Gasteiger partial charge in [-0.15, -0.1) is 10.2 Å². The molecule has 29 heavy (non-hydrogen) atoms. The number of amides is 2. The quantitative estimate of drug-likeness (QED) is 0.739. The third-order valence-electron chi connectivity index (χ3n) is 5.08. The molecule has 0 aliphatic carbocycles. The molecule has 4 rings (SSSR count). The summed E-state index contributed by atoms with van der Waals surface area (Å²) in [7, 11) is 0. The number of aromatic nitrogens is 3. The largest absolute Gasteiger partial charge is 0.339 e. The second-order valence-corrected chi connectivity index (χ2v) is 6.98. The molecule has 2 heterocycles. The topological polar surface area (TPSA) is 80.1 Å². The van der Waals surface area contributed by atoms with Crippen molar-refractivity contribution in [3.05, 3.63) is 72.6 Å². The molecule has 2 amide bonds. The molecule has 0 bridgehead atoms. The van der Waals surface area contributed by atoms with Crippen molar-refractivity contribution in [1.82, 2.24) is 19.7 Å². The molecule has 1 aromatic heterocycles. The van der Waals surface area contributed by atoms with Crippen LogP contribution in [0.4, 0.5) is 10.1 Å². The first-order valence-electron chi connectivity index (χ1n) is 9.41. The van der Waals surface area contributed by atoms with Crippen molar-refractivity contribution in [2.75, 3.05) is 18.4 Å². The normalized spacial score (nSPS) is 14.6. The Labute approximate surface area is 167 Å². The first-order valence-corrected chi connectivity index (χ1v) is 9.41. The molecule has 1 aliphatic rings. The van der Waals surface area contributed by atoms with Gasteiger partial charge in [-0.3, -0.25) is 14.2 Å². The van der Waals surface area contributed by atoms with Gasteiger partial charge in [0.05, 0.1) is 0 Å². The fourth-order valence-electron chi connectivity index (χ4n) is 3.45. The number of benzene rings is 2. The number of carbonyl (C=O) groups excluding carboxylic acids is 2. The van der Waals surface area contributed by atoms with Crippen LogP contribution < -0.4 is 5.32 Å². The second kappa shape index (κ2) is 8.22. The highest BCUT2D eigenvalue weighted by Gasteiger charge is 2.28. The van der Waals surface area contributed by atoms with Crippen molar-refractivity contribution in [3.8, 4) is 5.69 Å². The third-order valence-corrected chi connectivity index (χ3v) is 5.08. The van der Waals surface area contributed by atoms with Gasteiger partial charge in [0.15, 0.2) is 0 Å². The summed E-state index contributed by atoms with van der Waals surface area (Å²) in [5.41, 5.74) is 1.92. The minimum atomic E-state index is -0.390. The lowest BCUT2D eigenvalue weighted by molar-refractivity contribution is -0.121. The summed E-state index contributed by atoms with van der Waals surface area (Å²) in [5, 5.41) is 10.3. The molecule has 0 radical (unpaired) electrons. The van der Waals surface area contributed by atoms with E-state index in [0.29, 0.717) is 37.2 Å². The number of carbonyl (C=O) groups is 2. The van der Waals surface area contributed by atoms with E-state index >= 15 is 0 Å². The smallest absolute Gasteiger partial charge is 0.253 e. The van der Waals surface area contributed by atoms with Gasteiger partial charge >= 0.3 is 0 Å². The van der Waals surface area contributed by atoms with Gasteiger partial charge in [0.1, 0.15) is 18.5 Å². The van der Waals surface area contributed by atoms with Crippen molar-refractivity contribution >= 4 is 17.5 Å². The number of rotatable bonds is 4. The molecular weight excluding hydrogens is 373 g/mol. The first-order chi connectivity index (χ1) is 14.1. The van der Waals surface area contributed by atoms with E-state index in [4.69, 9.17) is 0 Å². The monoisotopic (exact) mass is 393 g/mol. The summed E-state index contributed by atoms with van der Waals surface area (Å²) < 4.78 is 15.0. The molecule has 0 spiro atoms. The number of hydrogen-bond acceptors (Lipinski definition) is 4. The van der Waals surface area contributed by atoms with Crippen molar-refractivity contribution in [2.24, 2.45) is 5.92 Å². The minimum Gasteiger partial charge on any atom is -0.339 e. The summed E-state index contributed by atoms with van der Waals surface area (Å²) in [4.78, 5) is 26.9. The van der Waals surface area contributed by atoms with Crippen LogP contribution in [-0.4, -0.2) is 44.6 Å². The maximum atomic E-state index is 13.3.